The lowest BCUT2D eigenvalue weighted by Crippen LogP contribution is -2.34. The van der Waals surface area contributed by atoms with Gasteiger partial charge in [-0.1, -0.05) is 30.3 Å². The Morgan fingerprint density at radius 2 is 1.76 bits per heavy atom. The largest absolute Gasteiger partial charge is 0.367 e. The lowest BCUT2D eigenvalue weighted by atomic mass is 9.93. The summed E-state index contributed by atoms with van der Waals surface area (Å²) in [5.74, 6) is -0.185. The fourth-order valence-electron chi connectivity index (χ4n) is 4.84. The van der Waals surface area contributed by atoms with E-state index in [1.807, 2.05) is 23.5 Å². The lowest BCUT2D eigenvalue weighted by molar-refractivity contribution is 0.00519. The fraction of sp³-hybridized carbons (Fsp3) is 0.310. The molecule has 1 aliphatic rings. The van der Waals surface area contributed by atoms with Crippen molar-refractivity contribution in [2.45, 2.75) is 45.4 Å². The van der Waals surface area contributed by atoms with Crippen LogP contribution < -0.4 is 0 Å². The molecule has 2 atom stereocenters. The molecular formula is C29H30FNOS. The number of thiophene rings is 1. The van der Waals surface area contributed by atoms with Crippen LogP contribution in [0.2, 0.25) is 0 Å². The fourth-order valence-corrected chi connectivity index (χ4v) is 5.98. The van der Waals surface area contributed by atoms with Gasteiger partial charge >= 0.3 is 0 Å². The van der Waals surface area contributed by atoms with Crippen LogP contribution in [0.3, 0.4) is 0 Å². The Kier molecular flexibility index (Phi) is 6.09. The van der Waals surface area contributed by atoms with Crippen LogP contribution in [0, 0.1) is 19.7 Å². The van der Waals surface area contributed by atoms with Gasteiger partial charge in [0.05, 0.1) is 12.7 Å². The van der Waals surface area contributed by atoms with Crippen molar-refractivity contribution >= 4 is 21.4 Å². The topological polar surface area (TPSA) is 12.5 Å². The van der Waals surface area contributed by atoms with Crippen LogP contribution >= 0.6 is 11.3 Å². The molecular weight excluding hydrogens is 429 g/mol. The highest BCUT2D eigenvalue weighted by molar-refractivity contribution is 7.22. The number of likely N-dealkylation sites (N-methyl/N-ethyl adjacent to an activating group) is 1. The van der Waals surface area contributed by atoms with E-state index < -0.39 is 0 Å². The minimum atomic E-state index is -0.185. The second-order valence-corrected chi connectivity index (χ2v) is 10.5. The van der Waals surface area contributed by atoms with Crippen molar-refractivity contribution in [1.29, 1.82) is 0 Å². The highest BCUT2D eigenvalue weighted by Gasteiger charge is 2.32. The smallest absolute Gasteiger partial charge is 0.123 e. The van der Waals surface area contributed by atoms with Crippen molar-refractivity contribution in [1.82, 2.24) is 4.90 Å². The first kappa shape index (κ1) is 22.3. The number of nitrogens with zero attached hydrogens (tertiary/aromatic N) is 1. The molecule has 33 heavy (non-hydrogen) atoms. The summed E-state index contributed by atoms with van der Waals surface area (Å²) in [5.41, 5.74) is 7.69. The molecule has 2 heterocycles. The Bertz CT molecular complexity index is 1250. The van der Waals surface area contributed by atoms with Crippen molar-refractivity contribution in [2.24, 2.45) is 0 Å². The van der Waals surface area contributed by atoms with Gasteiger partial charge < -0.3 is 9.64 Å². The number of hydrogen-bond donors (Lipinski definition) is 0. The third-order valence-corrected chi connectivity index (χ3v) is 8.09. The van der Waals surface area contributed by atoms with Gasteiger partial charge in [-0.15, -0.1) is 11.3 Å². The Labute approximate surface area is 199 Å². The van der Waals surface area contributed by atoms with Gasteiger partial charge in [-0.2, -0.15) is 0 Å². The number of ether oxygens (including phenoxy) is 1. The SMILES string of the molecule is Cc1cc2cc(-c3ccc4c(c3)COC4C(CCc3ccc(F)cc3)N(C)C)sc2cc1C. The second kappa shape index (κ2) is 9.02. The molecule has 3 aromatic carbocycles. The van der Waals surface area contributed by atoms with Crippen LogP contribution in [0.15, 0.2) is 60.7 Å². The van der Waals surface area contributed by atoms with Gasteiger partial charge in [-0.25, -0.2) is 4.39 Å². The number of benzene rings is 3. The highest BCUT2D eigenvalue weighted by atomic mass is 32.1. The Hall–Kier alpha value is -2.53. The maximum Gasteiger partial charge on any atom is 0.123 e. The van der Waals surface area contributed by atoms with Crippen molar-refractivity contribution in [3.63, 3.8) is 0 Å². The van der Waals surface area contributed by atoms with E-state index in [2.05, 4.69) is 69.2 Å². The molecule has 0 spiro atoms. The maximum absolute atomic E-state index is 13.2. The normalized spacial score (nSPS) is 16.5. The maximum atomic E-state index is 13.2. The minimum absolute atomic E-state index is 0.0530. The molecule has 1 aliphatic heterocycles. The van der Waals surface area contributed by atoms with Gasteiger partial charge in [-0.05, 0) is 110 Å². The summed E-state index contributed by atoms with van der Waals surface area (Å²) in [4.78, 5) is 3.56. The van der Waals surface area contributed by atoms with E-state index >= 15 is 0 Å². The van der Waals surface area contributed by atoms with Crippen molar-refractivity contribution in [3.05, 3.63) is 94.3 Å². The van der Waals surface area contributed by atoms with E-state index in [0.29, 0.717) is 6.61 Å². The molecule has 2 nitrogen and oxygen atoms in total. The van der Waals surface area contributed by atoms with E-state index in [9.17, 15) is 4.39 Å². The molecule has 2 unspecified atom stereocenters. The number of fused-ring (bicyclic) bond motifs is 2. The van der Waals surface area contributed by atoms with Crippen LogP contribution in [0.5, 0.6) is 0 Å². The van der Waals surface area contributed by atoms with Gasteiger partial charge in [0.15, 0.2) is 0 Å². The third kappa shape index (κ3) is 4.48. The van der Waals surface area contributed by atoms with Crippen molar-refractivity contribution in [2.75, 3.05) is 14.1 Å². The van der Waals surface area contributed by atoms with Crippen LogP contribution in [0.25, 0.3) is 20.5 Å². The molecule has 0 aliphatic carbocycles. The summed E-state index contributed by atoms with van der Waals surface area (Å²) in [6.45, 7) is 5.01. The van der Waals surface area contributed by atoms with Crippen LogP contribution in [0.1, 0.15) is 40.3 Å². The molecule has 0 radical (unpaired) electrons. The zero-order valence-corrected chi connectivity index (χ0v) is 20.5. The molecule has 170 valence electrons. The number of halogens is 1. The van der Waals surface area contributed by atoms with Gasteiger partial charge in [0, 0.05) is 15.6 Å². The van der Waals surface area contributed by atoms with Crippen LogP contribution in [0.4, 0.5) is 4.39 Å². The molecule has 0 fully saturated rings. The molecule has 4 heteroatoms. The van der Waals surface area contributed by atoms with Crippen molar-refractivity contribution < 1.29 is 9.13 Å². The van der Waals surface area contributed by atoms with Gasteiger partial charge in [0.2, 0.25) is 0 Å². The van der Waals surface area contributed by atoms with E-state index in [0.717, 1.165) is 18.4 Å². The number of rotatable bonds is 6. The summed E-state index contributed by atoms with van der Waals surface area (Å²) in [6, 6.07) is 20.8. The van der Waals surface area contributed by atoms with E-state index in [4.69, 9.17) is 4.74 Å². The first-order chi connectivity index (χ1) is 15.9. The first-order valence-corrected chi connectivity index (χ1v) is 12.4. The first-order valence-electron chi connectivity index (χ1n) is 11.6. The zero-order valence-electron chi connectivity index (χ0n) is 19.7. The Balaban J connectivity index is 1.38. The summed E-state index contributed by atoms with van der Waals surface area (Å²) in [7, 11) is 4.23. The number of hydrogen-bond acceptors (Lipinski definition) is 3. The van der Waals surface area contributed by atoms with Gasteiger partial charge in [0.1, 0.15) is 5.82 Å². The molecule has 0 saturated carbocycles. The Morgan fingerprint density at radius 3 is 2.52 bits per heavy atom. The quantitative estimate of drug-likeness (QED) is 0.297. The Morgan fingerprint density at radius 1 is 1.00 bits per heavy atom. The van der Waals surface area contributed by atoms with Crippen molar-refractivity contribution in [3.8, 4) is 10.4 Å². The van der Waals surface area contributed by atoms with E-state index in [1.54, 1.807) is 12.1 Å². The molecule has 1 aromatic heterocycles. The average molecular weight is 460 g/mol. The monoisotopic (exact) mass is 459 g/mol. The summed E-state index contributed by atoms with van der Waals surface area (Å²) >= 11 is 1.86. The molecule has 0 saturated heterocycles. The highest BCUT2D eigenvalue weighted by Crippen LogP contribution is 2.40. The molecule has 5 rings (SSSR count). The molecule has 4 aromatic rings. The van der Waals surface area contributed by atoms with Gasteiger partial charge in [0.25, 0.3) is 0 Å². The molecule has 0 N–H and O–H groups in total. The standard InChI is InChI=1S/C29H30FNOS/c1-18-13-22-16-28(33-27(22)14-19(18)2)21-8-11-25-23(15-21)17-32-29(25)26(31(3)4)12-7-20-5-9-24(30)10-6-20/h5-6,8-11,13-16,26,29H,7,12,17H2,1-4H3. The van der Waals surface area contributed by atoms with Crippen LogP contribution in [-0.4, -0.2) is 25.0 Å². The van der Waals surface area contributed by atoms with E-state index in [1.165, 1.54) is 42.8 Å². The third-order valence-electron chi connectivity index (χ3n) is 6.94. The lowest BCUT2D eigenvalue weighted by Gasteiger charge is -2.30. The minimum Gasteiger partial charge on any atom is -0.367 e. The predicted octanol–water partition coefficient (Wildman–Crippen LogP) is 7.46. The number of aryl methyl sites for hydroxylation is 3. The second-order valence-electron chi connectivity index (χ2n) is 9.43. The molecule has 0 amide bonds. The van der Waals surface area contributed by atoms with Gasteiger partial charge in [-0.3, -0.25) is 0 Å². The summed E-state index contributed by atoms with van der Waals surface area (Å²) in [5, 5.41) is 1.32. The van der Waals surface area contributed by atoms with E-state index in [-0.39, 0.29) is 18.0 Å². The molecule has 0 bridgehead atoms. The summed E-state index contributed by atoms with van der Waals surface area (Å²) < 4.78 is 20.9. The summed E-state index contributed by atoms with van der Waals surface area (Å²) in [6.07, 6.45) is 1.91. The average Bonchev–Trinajstić information content (AvgIpc) is 3.39. The predicted molar refractivity (Wildman–Crippen MR) is 136 cm³/mol. The zero-order chi connectivity index (χ0) is 23.1. The van der Waals surface area contributed by atoms with Crippen LogP contribution in [-0.2, 0) is 17.8 Å².